The van der Waals surface area contributed by atoms with Crippen molar-refractivity contribution in [2.45, 2.75) is 24.6 Å². The lowest BCUT2D eigenvalue weighted by Gasteiger charge is -2.20. The van der Waals surface area contributed by atoms with Gasteiger partial charge in [0.25, 0.3) is 0 Å². The van der Waals surface area contributed by atoms with Gasteiger partial charge in [0.1, 0.15) is 5.75 Å². The summed E-state index contributed by atoms with van der Waals surface area (Å²) in [7, 11) is 1.55. The number of hydrogen-bond donors (Lipinski definition) is 2. The van der Waals surface area contributed by atoms with Crippen molar-refractivity contribution in [1.29, 1.82) is 0 Å². The Morgan fingerprint density at radius 2 is 1.81 bits per heavy atom. The van der Waals surface area contributed by atoms with Crippen LogP contribution in [0.2, 0.25) is 5.02 Å². The Morgan fingerprint density at radius 3 is 2.35 bits per heavy atom. The van der Waals surface area contributed by atoms with Gasteiger partial charge in [-0.05, 0) is 48.7 Å². The third-order valence-electron chi connectivity index (χ3n) is 4.28. The van der Waals surface area contributed by atoms with E-state index in [4.69, 9.17) is 16.3 Å². The van der Waals surface area contributed by atoms with Crippen LogP contribution >= 0.6 is 11.6 Å². The van der Waals surface area contributed by atoms with E-state index in [1.807, 2.05) is 12.1 Å². The molecule has 0 radical (unpaired) electrons. The number of halogens is 4. The molecule has 0 saturated heterocycles. The fourth-order valence-corrected chi connectivity index (χ4v) is 2.92. The second-order valence-corrected chi connectivity index (χ2v) is 6.51. The van der Waals surface area contributed by atoms with E-state index in [2.05, 4.69) is 10.6 Å². The number of amides is 2. The van der Waals surface area contributed by atoms with Crippen LogP contribution in [0.25, 0.3) is 0 Å². The highest BCUT2D eigenvalue weighted by Gasteiger charge is 2.46. The molecule has 1 aliphatic rings. The molecule has 2 N–H and O–H groups in total. The highest BCUT2D eigenvalue weighted by molar-refractivity contribution is 6.30. The molecule has 2 amide bonds. The summed E-state index contributed by atoms with van der Waals surface area (Å²) in [5.41, 5.74) is -1.03. The second-order valence-electron chi connectivity index (χ2n) is 6.08. The first kappa shape index (κ1) is 18.4. The van der Waals surface area contributed by atoms with E-state index in [1.165, 1.54) is 6.07 Å². The zero-order valence-corrected chi connectivity index (χ0v) is 14.5. The molecule has 3 rings (SSSR count). The van der Waals surface area contributed by atoms with Gasteiger partial charge in [0.15, 0.2) is 0 Å². The van der Waals surface area contributed by atoms with E-state index in [9.17, 15) is 18.0 Å². The van der Waals surface area contributed by atoms with Crippen LogP contribution in [0, 0.1) is 0 Å². The molecule has 0 aromatic heterocycles. The number of hydrogen-bond acceptors (Lipinski definition) is 2. The molecule has 1 fully saturated rings. The summed E-state index contributed by atoms with van der Waals surface area (Å²) in [6.07, 6.45) is -3.21. The minimum absolute atomic E-state index is 0.0554. The molecule has 0 atom stereocenters. The van der Waals surface area contributed by atoms with Crippen molar-refractivity contribution in [1.82, 2.24) is 5.32 Å². The van der Waals surface area contributed by atoms with Crippen LogP contribution in [0.4, 0.5) is 23.7 Å². The number of alkyl halides is 3. The maximum atomic E-state index is 13.1. The number of anilines is 1. The topological polar surface area (TPSA) is 50.4 Å². The maximum absolute atomic E-state index is 13.1. The molecule has 1 aliphatic carbocycles. The zero-order chi connectivity index (χ0) is 18.9. The predicted octanol–water partition coefficient (Wildman–Crippen LogP) is 5.18. The van der Waals surface area contributed by atoms with E-state index in [0.717, 1.165) is 17.7 Å². The Bertz CT molecular complexity index is 818. The lowest BCUT2D eigenvalue weighted by atomic mass is 10.1. The van der Waals surface area contributed by atoms with Gasteiger partial charge in [0.2, 0.25) is 0 Å². The van der Waals surface area contributed by atoms with E-state index in [1.54, 1.807) is 19.2 Å². The zero-order valence-electron chi connectivity index (χ0n) is 13.8. The Labute approximate surface area is 153 Å². The van der Waals surface area contributed by atoms with Crippen LogP contribution in [0.3, 0.4) is 0 Å². The van der Waals surface area contributed by atoms with Gasteiger partial charge in [-0.25, -0.2) is 4.79 Å². The molecule has 0 unspecified atom stereocenters. The fraction of sp³-hybridized carbons (Fsp3) is 0.278. The number of nitrogens with one attached hydrogen (secondary N) is 2. The average molecular weight is 385 g/mol. The summed E-state index contributed by atoms with van der Waals surface area (Å²) < 4.78 is 44.5. The Kier molecular flexibility index (Phi) is 4.75. The van der Waals surface area contributed by atoms with Gasteiger partial charge in [0, 0.05) is 5.02 Å². The van der Waals surface area contributed by atoms with Crippen molar-refractivity contribution in [2.75, 3.05) is 12.4 Å². The first-order valence-corrected chi connectivity index (χ1v) is 8.22. The van der Waals surface area contributed by atoms with Crippen molar-refractivity contribution in [3.05, 3.63) is 58.6 Å². The molecule has 8 heteroatoms. The number of rotatable bonds is 4. The van der Waals surface area contributed by atoms with Crippen LogP contribution < -0.4 is 15.4 Å². The average Bonchev–Trinajstić information content (AvgIpc) is 3.36. The smallest absolute Gasteiger partial charge is 0.418 e. The molecule has 26 heavy (non-hydrogen) atoms. The van der Waals surface area contributed by atoms with E-state index >= 15 is 0 Å². The quantitative estimate of drug-likeness (QED) is 0.763. The minimum Gasteiger partial charge on any atom is -0.497 e. The number of methoxy groups -OCH3 is 1. The van der Waals surface area contributed by atoms with Gasteiger partial charge in [-0.1, -0.05) is 23.7 Å². The standard InChI is InChI=1S/C18H16ClF3N2O2/c1-26-13-5-2-11(3-6-13)17(8-9-17)24-16(25)23-15-7-4-12(19)10-14(15)18(20,21)22/h2-7,10H,8-9H2,1H3,(H2,23,24,25). The molecule has 0 heterocycles. The Balaban J connectivity index is 1.75. The van der Waals surface area contributed by atoms with Gasteiger partial charge in [0.05, 0.1) is 23.9 Å². The Morgan fingerprint density at radius 1 is 1.15 bits per heavy atom. The van der Waals surface area contributed by atoms with Gasteiger partial charge in [-0.2, -0.15) is 13.2 Å². The number of carbonyl (C=O) groups is 1. The maximum Gasteiger partial charge on any atom is 0.418 e. The van der Waals surface area contributed by atoms with Gasteiger partial charge in [-0.15, -0.1) is 0 Å². The van der Waals surface area contributed by atoms with Crippen molar-refractivity contribution in [3.63, 3.8) is 0 Å². The second kappa shape index (κ2) is 6.72. The summed E-state index contributed by atoms with van der Waals surface area (Å²) >= 11 is 5.64. The molecule has 4 nitrogen and oxygen atoms in total. The highest BCUT2D eigenvalue weighted by Crippen LogP contribution is 2.46. The lowest BCUT2D eigenvalue weighted by Crippen LogP contribution is -2.38. The summed E-state index contributed by atoms with van der Waals surface area (Å²) in [6, 6.07) is 9.72. The Hall–Kier alpha value is -2.41. The van der Waals surface area contributed by atoms with E-state index < -0.39 is 23.3 Å². The normalized spacial score (nSPS) is 15.3. The summed E-state index contributed by atoms with van der Waals surface area (Å²) in [5.74, 6) is 0.685. The molecular weight excluding hydrogens is 369 g/mol. The molecule has 2 aromatic rings. The summed E-state index contributed by atoms with van der Waals surface area (Å²) in [5, 5.41) is 5.00. The van der Waals surface area contributed by atoms with Crippen molar-refractivity contribution < 1.29 is 22.7 Å². The number of carbonyl (C=O) groups excluding carboxylic acids is 1. The third kappa shape index (κ3) is 3.88. The minimum atomic E-state index is -4.62. The van der Waals surface area contributed by atoms with Crippen LogP contribution in [0.15, 0.2) is 42.5 Å². The number of benzene rings is 2. The molecule has 0 spiro atoms. The molecule has 2 aromatic carbocycles. The predicted molar refractivity (Wildman–Crippen MR) is 92.5 cm³/mol. The third-order valence-corrected chi connectivity index (χ3v) is 4.52. The first-order chi connectivity index (χ1) is 12.2. The lowest BCUT2D eigenvalue weighted by molar-refractivity contribution is -0.136. The molecule has 138 valence electrons. The van der Waals surface area contributed by atoms with Crippen LogP contribution in [0.5, 0.6) is 5.75 Å². The summed E-state index contributed by atoms with van der Waals surface area (Å²) in [6.45, 7) is 0. The first-order valence-electron chi connectivity index (χ1n) is 7.84. The monoisotopic (exact) mass is 384 g/mol. The van der Waals surface area contributed by atoms with Crippen molar-refractivity contribution in [3.8, 4) is 5.75 Å². The molecular formula is C18H16ClF3N2O2. The van der Waals surface area contributed by atoms with Crippen molar-refractivity contribution >= 4 is 23.3 Å². The van der Waals surface area contributed by atoms with Crippen LogP contribution in [0.1, 0.15) is 24.0 Å². The molecule has 0 bridgehead atoms. The largest absolute Gasteiger partial charge is 0.497 e. The highest BCUT2D eigenvalue weighted by atomic mass is 35.5. The van der Waals surface area contributed by atoms with E-state index in [0.29, 0.717) is 18.6 Å². The van der Waals surface area contributed by atoms with Gasteiger partial charge in [-0.3, -0.25) is 0 Å². The van der Waals surface area contributed by atoms with Gasteiger partial charge >= 0.3 is 12.2 Å². The number of ether oxygens (including phenoxy) is 1. The van der Waals surface area contributed by atoms with Gasteiger partial charge < -0.3 is 15.4 Å². The van der Waals surface area contributed by atoms with E-state index in [-0.39, 0.29) is 10.7 Å². The SMILES string of the molecule is COc1ccc(C2(NC(=O)Nc3ccc(Cl)cc3C(F)(F)F)CC2)cc1. The van der Waals surface area contributed by atoms with Crippen LogP contribution in [-0.4, -0.2) is 13.1 Å². The summed E-state index contributed by atoms with van der Waals surface area (Å²) in [4.78, 5) is 12.3. The molecule has 1 saturated carbocycles. The van der Waals surface area contributed by atoms with Crippen molar-refractivity contribution in [2.24, 2.45) is 0 Å². The fourth-order valence-electron chi connectivity index (χ4n) is 2.75. The number of urea groups is 1. The molecule has 0 aliphatic heterocycles. The van der Waals surface area contributed by atoms with Crippen LogP contribution in [-0.2, 0) is 11.7 Å².